The molecule has 0 radical (unpaired) electrons. The fraction of sp³-hybridized carbons (Fsp3) is 0.667. The molecule has 2 heterocycles. The number of piperazine rings is 1. The van der Waals surface area contributed by atoms with E-state index in [1.807, 2.05) is 0 Å². The maximum Gasteiger partial charge on any atom is 0.408 e. The van der Waals surface area contributed by atoms with Gasteiger partial charge in [0.2, 0.25) is 0 Å². The Morgan fingerprint density at radius 3 is 2.13 bits per heavy atom. The lowest BCUT2D eigenvalue weighted by Crippen LogP contribution is -2.66. The molecule has 0 aromatic heterocycles. The van der Waals surface area contributed by atoms with Gasteiger partial charge in [0.05, 0.1) is 0 Å². The Morgan fingerprint density at radius 1 is 1.27 bits per heavy atom. The summed E-state index contributed by atoms with van der Waals surface area (Å²) >= 11 is 0. The van der Waals surface area contributed by atoms with Crippen LogP contribution in [0.1, 0.15) is 19.3 Å². The zero-order valence-corrected chi connectivity index (χ0v) is 8.34. The van der Waals surface area contributed by atoms with Crippen molar-refractivity contribution >= 4 is 17.9 Å². The zero-order valence-electron chi connectivity index (χ0n) is 8.34. The summed E-state index contributed by atoms with van der Waals surface area (Å²) in [5.41, 5.74) is 0. The first kappa shape index (κ1) is 9.95. The molecule has 2 rings (SSSR count). The van der Waals surface area contributed by atoms with Gasteiger partial charge in [-0.05, 0) is 19.3 Å². The highest BCUT2D eigenvalue weighted by molar-refractivity contribution is 6.05. The van der Waals surface area contributed by atoms with Crippen LogP contribution in [0.4, 0.5) is 4.79 Å². The Labute approximate surface area is 86.4 Å². The summed E-state index contributed by atoms with van der Waals surface area (Å²) in [5, 5.41) is 8.97. The van der Waals surface area contributed by atoms with E-state index in [2.05, 4.69) is 0 Å². The Kier molecular flexibility index (Phi) is 2.13. The average Bonchev–Trinajstić information content (AvgIpc) is 2.23. The monoisotopic (exact) mass is 212 g/mol. The van der Waals surface area contributed by atoms with Gasteiger partial charge in [0.1, 0.15) is 12.1 Å². The standard InChI is InChI=1S/C9H12N2O4/c1-10-7(12)5-3-2-4-6(8(10)13)11(5)9(14)15/h5-6H,2-4H2,1H3,(H,14,15). The van der Waals surface area contributed by atoms with Crippen LogP contribution in [0.3, 0.4) is 0 Å². The lowest BCUT2D eigenvalue weighted by molar-refractivity contribution is -0.160. The first-order chi connectivity index (χ1) is 7.04. The van der Waals surface area contributed by atoms with Crippen molar-refractivity contribution in [1.29, 1.82) is 0 Å². The molecule has 2 bridgehead atoms. The fourth-order valence-corrected chi connectivity index (χ4v) is 2.31. The minimum Gasteiger partial charge on any atom is -0.465 e. The predicted molar refractivity (Wildman–Crippen MR) is 49.1 cm³/mol. The Bertz CT molecular complexity index is 317. The van der Waals surface area contributed by atoms with Gasteiger partial charge in [-0.25, -0.2) is 4.79 Å². The van der Waals surface area contributed by atoms with Crippen LogP contribution in [0, 0.1) is 0 Å². The number of piperidine rings is 1. The van der Waals surface area contributed by atoms with Gasteiger partial charge < -0.3 is 5.11 Å². The van der Waals surface area contributed by atoms with Crippen molar-refractivity contribution in [1.82, 2.24) is 9.80 Å². The maximum atomic E-state index is 11.7. The largest absolute Gasteiger partial charge is 0.465 e. The van der Waals surface area contributed by atoms with E-state index >= 15 is 0 Å². The van der Waals surface area contributed by atoms with Gasteiger partial charge in [-0.3, -0.25) is 19.4 Å². The molecule has 3 amide bonds. The summed E-state index contributed by atoms with van der Waals surface area (Å²) < 4.78 is 0. The van der Waals surface area contributed by atoms with E-state index in [0.717, 1.165) is 16.2 Å². The lowest BCUT2D eigenvalue weighted by Gasteiger charge is -2.45. The number of carbonyl (C=O) groups excluding carboxylic acids is 2. The van der Waals surface area contributed by atoms with E-state index in [4.69, 9.17) is 5.11 Å². The third-order valence-electron chi connectivity index (χ3n) is 3.08. The van der Waals surface area contributed by atoms with Crippen molar-refractivity contribution in [2.24, 2.45) is 0 Å². The van der Waals surface area contributed by atoms with Crippen molar-refractivity contribution in [2.75, 3.05) is 7.05 Å². The van der Waals surface area contributed by atoms with Crippen molar-refractivity contribution in [3.63, 3.8) is 0 Å². The first-order valence-corrected chi connectivity index (χ1v) is 4.86. The second-order valence-corrected chi connectivity index (χ2v) is 3.89. The number of fused-ring (bicyclic) bond motifs is 2. The molecule has 6 nitrogen and oxygen atoms in total. The van der Waals surface area contributed by atoms with Gasteiger partial charge in [-0.15, -0.1) is 0 Å². The summed E-state index contributed by atoms with van der Waals surface area (Å²) in [6, 6.07) is -1.33. The minimum absolute atomic E-state index is 0.404. The molecule has 2 atom stereocenters. The van der Waals surface area contributed by atoms with E-state index < -0.39 is 30.0 Å². The molecule has 2 fully saturated rings. The quantitative estimate of drug-likeness (QED) is 0.568. The Hall–Kier alpha value is -1.59. The number of rotatable bonds is 0. The molecule has 0 saturated carbocycles. The summed E-state index contributed by atoms with van der Waals surface area (Å²) in [6.07, 6.45) is 0.572. The SMILES string of the molecule is CN1C(=O)C2CCCC(C1=O)N2C(=O)O. The van der Waals surface area contributed by atoms with Crippen molar-refractivity contribution in [3.8, 4) is 0 Å². The summed E-state index contributed by atoms with van der Waals surface area (Å²) in [4.78, 5) is 36.3. The number of hydrogen-bond acceptors (Lipinski definition) is 3. The predicted octanol–water partition coefficient (Wildman–Crippen LogP) is -0.114. The molecule has 2 saturated heterocycles. The first-order valence-electron chi connectivity index (χ1n) is 4.86. The minimum atomic E-state index is -1.18. The average molecular weight is 212 g/mol. The van der Waals surface area contributed by atoms with E-state index in [9.17, 15) is 14.4 Å². The molecular weight excluding hydrogens is 200 g/mol. The summed E-state index contributed by atoms with van der Waals surface area (Å²) in [7, 11) is 1.41. The van der Waals surface area contributed by atoms with Gasteiger partial charge in [0.15, 0.2) is 0 Å². The van der Waals surface area contributed by atoms with Crippen LogP contribution in [0.2, 0.25) is 0 Å². The number of carbonyl (C=O) groups is 3. The summed E-state index contributed by atoms with van der Waals surface area (Å²) in [5.74, 6) is -0.809. The number of hydrogen-bond donors (Lipinski definition) is 1. The molecule has 0 spiro atoms. The molecule has 1 N–H and O–H groups in total. The fourth-order valence-electron chi connectivity index (χ4n) is 2.31. The number of amides is 3. The van der Waals surface area contributed by atoms with Crippen LogP contribution in [0.5, 0.6) is 0 Å². The highest BCUT2D eigenvalue weighted by atomic mass is 16.4. The highest BCUT2D eigenvalue weighted by Gasteiger charge is 2.49. The molecule has 0 aliphatic carbocycles. The molecule has 2 aliphatic rings. The number of likely N-dealkylation sites (tertiary alicyclic amines) is 1. The van der Waals surface area contributed by atoms with Gasteiger partial charge >= 0.3 is 6.09 Å². The molecule has 0 aromatic rings. The molecule has 0 aromatic carbocycles. The zero-order chi connectivity index (χ0) is 11.2. The lowest BCUT2D eigenvalue weighted by atomic mass is 9.91. The normalized spacial score (nSPS) is 30.7. The van der Waals surface area contributed by atoms with Crippen molar-refractivity contribution in [3.05, 3.63) is 0 Å². The molecular formula is C9H12N2O4. The third kappa shape index (κ3) is 1.28. The van der Waals surface area contributed by atoms with E-state index in [-0.39, 0.29) is 0 Å². The van der Waals surface area contributed by atoms with Crippen LogP contribution in [0.15, 0.2) is 0 Å². The highest BCUT2D eigenvalue weighted by Crippen LogP contribution is 2.29. The smallest absolute Gasteiger partial charge is 0.408 e. The maximum absolute atomic E-state index is 11.7. The Morgan fingerprint density at radius 2 is 1.73 bits per heavy atom. The van der Waals surface area contributed by atoms with Crippen LogP contribution in [-0.4, -0.2) is 51.9 Å². The van der Waals surface area contributed by atoms with Crippen molar-refractivity contribution < 1.29 is 19.5 Å². The number of imide groups is 1. The van der Waals surface area contributed by atoms with E-state index in [0.29, 0.717) is 12.8 Å². The number of carboxylic acid groups (broad SMARTS) is 1. The second-order valence-electron chi connectivity index (χ2n) is 3.89. The number of nitrogens with zero attached hydrogens (tertiary/aromatic N) is 2. The number of likely N-dealkylation sites (N-methyl/N-ethyl adjacent to an activating group) is 1. The van der Waals surface area contributed by atoms with E-state index in [1.54, 1.807) is 0 Å². The molecule has 2 unspecified atom stereocenters. The Balaban J connectivity index is 2.38. The van der Waals surface area contributed by atoms with Gasteiger partial charge in [-0.1, -0.05) is 0 Å². The van der Waals surface area contributed by atoms with Crippen LogP contribution in [-0.2, 0) is 9.59 Å². The van der Waals surface area contributed by atoms with Crippen LogP contribution < -0.4 is 0 Å². The summed E-state index contributed by atoms with van der Waals surface area (Å²) in [6.45, 7) is 0. The second kappa shape index (κ2) is 3.22. The molecule has 2 aliphatic heterocycles. The van der Waals surface area contributed by atoms with Crippen LogP contribution in [0.25, 0.3) is 0 Å². The molecule has 15 heavy (non-hydrogen) atoms. The molecule has 6 heteroatoms. The van der Waals surface area contributed by atoms with Crippen LogP contribution >= 0.6 is 0 Å². The molecule has 82 valence electrons. The van der Waals surface area contributed by atoms with Crippen molar-refractivity contribution in [2.45, 2.75) is 31.3 Å². The van der Waals surface area contributed by atoms with Gasteiger partial charge in [-0.2, -0.15) is 0 Å². The topological polar surface area (TPSA) is 77.9 Å². The van der Waals surface area contributed by atoms with Gasteiger partial charge in [0.25, 0.3) is 11.8 Å². The third-order valence-corrected chi connectivity index (χ3v) is 3.08. The van der Waals surface area contributed by atoms with Gasteiger partial charge in [0, 0.05) is 7.05 Å². The van der Waals surface area contributed by atoms with E-state index in [1.165, 1.54) is 7.05 Å².